The molecule has 0 saturated heterocycles. The molecule has 1 heterocycles. The van der Waals surface area contributed by atoms with Gasteiger partial charge in [0.25, 0.3) is 6.43 Å². The van der Waals surface area contributed by atoms with Crippen molar-refractivity contribution in [2.75, 3.05) is 5.73 Å². The van der Waals surface area contributed by atoms with Crippen molar-refractivity contribution in [3.05, 3.63) is 47.1 Å². The molecule has 0 radical (unpaired) electrons. The fourth-order valence-corrected chi connectivity index (χ4v) is 2.35. The van der Waals surface area contributed by atoms with E-state index < -0.39 is 6.43 Å². The molecule has 94 valence electrons. The summed E-state index contributed by atoms with van der Waals surface area (Å²) < 4.78 is 25.7. The van der Waals surface area contributed by atoms with Gasteiger partial charge in [-0.2, -0.15) is 0 Å². The lowest BCUT2D eigenvalue weighted by Crippen LogP contribution is -1.93. The highest BCUT2D eigenvalue weighted by Gasteiger charge is 2.14. The van der Waals surface area contributed by atoms with Gasteiger partial charge in [-0.1, -0.05) is 23.4 Å². The maximum absolute atomic E-state index is 12.9. The van der Waals surface area contributed by atoms with Crippen LogP contribution < -0.4 is 5.73 Å². The summed E-state index contributed by atoms with van der Waals surface area (Å²) in [6, 6.07) is 7.78. The van der Waals surface area contributed by atoms with Crippen LogP contribution in [0.5, 0.6) is 0 Å². The largest absolute Gasteiger partial charge is 0.399 e. The van der Waals surface area contributed by atoms with Crippen molar-refractivity contribution in [1.29, 1.82) is 0 Å². The van der Waals surface area contributed by atoms with Crippen molar-refractivity contribution in [3.63, 3.8) is 0 Å². The molecule has 1 aromatic carbocycles. The number of aromatic nitrogens is 1. The molecule has 18 heavy (non-hydrogen) atoms. The molecular formula is C12H9ClF2N2S. The van der Waals surface area contributed by atoms with E-state index in [-0.39, 0.29) is 5.56 Å². The SMILES string of the molecule is Nc1ccc(Sc2ccc(Cl)cn2)c(C(F)F)c1. The smallest absolute Gasteiger partial charge is 0.265 e. The van der Waals surface area contributed by atoms with Gasteiger partial charge in [-0.15, -0.1) is 0 Å². The third-order valence-corrected chi connectivity index (χ3v) is 3.45. The fourth-order valence-electron chi connectivity index (χ4n) is 1.37. The molecule has 0 bridgehead atoms. The van der Waals surface area contributed by atoms with E-state index >= 15 is 0 Å². The number of alkyl halides is 2. The van der Waals surface area contributed by atoms with Crippen LogP contribution in [-0.4, -0.2) is 4.98 Å². The molecule has 2 nitrogen and oxygen atoms in total. The second-order valence-corrected chi connectivity index (χ2v) is 5.01. The van der Waals surface area contributed by atoms with E-state index in [0.717, 1.165) is 11.8 Å². The summed E-state index contributed by atoms with van der Waals surface area (Å²) in [5.74, 6) is 0. The summed E-state index contributed by atoms with van der Waals surface area (Å²) in [6.45, 7) is 0. The Kier molecular flexibility index (Phi) is 4.04. The third kappa shape index (κ3) is 3.11. The standard InChI is InChI=1S/C12H9ClF2N2S/c13-7-1-4-11(17-6-7)18-10-3-2-8(16)5-9(10)12(14)15/h1-6,12H,16H2. The van der Waals surface area contributed by atoms with Crippen LogP contribution in [0.3, 0.4) is 0 Å². The summed E-state index contributed by atoms with van der Waals surface area (Å²) in [5, 5.41) is 1.11. The van der Waals surface area contributed by atoms with E-state index in [0.29, 0.717) is 20.6 Å². The van der Waals surface area contributed by atoms with E-state index in [2.05, 4.69) is 4.98 Å². The first-order valence-electron chi connectivity index (χ1n) is 5.03. The third-order valence-electron chi connectivity index (χ3n) is 2.18. The summed E-state index contributed by atoms with van der Waals surface area (Å²) in [6.07, 6.45) is -1.09. The van der Waals surface area contributed by atoms with Gasteiger partial charge in [0.05, 0.1) is 5.02 Å². The molecule has 0 fully saturated rings. The molecule has 1 aromatic heterocycles. The molecule has 0 amide bonds. The van der Waals surface area contributed by atoms with Crippen LogP contribution in [0.1, 0.15) is 12.0 Å². The van der Waals surface area contributed by atoms with Crippen molar-refractivity contribution in [1.82, 2.24) is 4.98 Å². The highest BCUT2D eigenvalue weighted by atomic mass is 35.5. The number of hydrogen-bond acceptors (Lipinski definition) is 3. The predicted octanol–water partition coefficient (Wildman–Crippen LogP) is 4.41. The Labute approximate surface area is 112 Å². The molecule has 0 unspecified atom stereocenters. The number of rotatable bonds is 3. The van der Waals surface area contributed by atoms with E-state index in [4.69, 9.17) is 17.3 Å². The van der Waals surface area contributed by atoms with Crippen LogP contribution in [0.2, 0.25) is 5.02 Å². The summed E-state index contributed by atoms with van der Waals surface area (Å²) in [4.78, 5) is 4.49. The van der Waals surface area contributed by atoms with Gasteiger partial charge in [-0.05, 0) is 30.3 Å². The Morgan fingerprint density at radius 2 is 2.00 bits per heavy atom. The second-order valence-electron chi connectivity index (χ2n) is 3.51. The molecule has 0 aliphatic rings. The Balaban J connectivity index is 2.31. The zero-order valence-electron chi connectivity index (χ0n) is 9.11. The number of nitrogens with zero attached hydrogens (tertiary/aromatic N) is 1. The molecule has 2 rings (SSSR count). The molecule has 0 atom stereocenters. The van der Waals surface area contributed by atoms with Gasteiger partial charge in [0.1, 0.15) is 5.03 Å². The Hall–Kier alpha value is -1.33. The van der Waals surface area contributed by atoms with Crippen LogP contribution in [0.25, 0.3) is 0 Å². The molecule has 2 N–H and O–H groups in total. The first-order valence-corrected chi connectivity index (χ1v) is 6.22. The number of nitrogen functional groups attached to an aromatic ring is 1. The monoisotopic (exact) mass is 286 g/mol. The zero-order valence-corrected chi connectivity index (χ0v) is 10.7. The first kappa shape index (κ1) is 13.1. The predicted molar refractivity (Wildman–Crippen MR) is 69.2 cm³/mol. The molecule has 0 aliphatic heterocycles. The average Bonchev–Trinajstić information content (AvgIpc) is 2.34. The van der Waals surface area contributed by atoms with E-state index in [1.54, 1.807) is 24.3 Å². The maximum Gasteiger partial charge on any atom is 0.265 e. The van der Waals surface area contributed by atoms with Crippen molar-refractivity contribution < 1.29 is 8.78 Å². The fraction of sp³-hybridized carbons (Fsp3) is 0.0833. The number of halogens is 3. The lowest BCUT2D eigenvalue weighted by Gasteiger charge is -2.08. The maximum atomic E-state index is 12.9. The van der Waals surface area contributed by atoms with Crippen molar-refractivity contribution in [2.24, 2.45) is 0 Å². The summed E-state index contributed by atoms with van der Waals surface area (Å²) >= 11 is 6.86. The van der Waals surface area contributed by atoms with Gasteiger partial charge in [0, 0.05) is 22.3 Å². The number of nitrogens with two attached hydrogens (primary N) is 1. The summed E-state index contributed by atoms with van der Waals surface area (Å²) in [7, 11) is 0. The number of pyridine rings is 1. The quantitative estimate of drug-likeness (QED) is 0.850. The van der Waals surface area contributed by atoms with Gasteiger partial charge in [-0.25, -0.2) is 13.8 Å². The topological polar surface area (TPSA) is 38.9 Å². The van der Waals surface area contributed by atoms with Crippen molar-refractivity contribution in [3.8, 4) is 0 Å². The van der Waals surface area contributed by atoms with E-state index in [1.165, 1.54) is 12.3 Å². The Bertz CT molecular complexity index is 546. The zero-order chi connectivity index (χ0) is 13.1. The van der Waals surface area contributed by atoms with Gasteiger partial charge >= 0.3 is 0 Å². The molecular weight excluding hydrogens is 278 g/mol. The second kappa shape index (κ2) is 5.54. The normalized spacial score (nSPS) is 10.9. The van der Waals surface area contributed by atoms with E-state index in [1.807, 2.05) is 0 Å². The Morgan fingerprint density at radius 3 is 2.61 bits per heavy atom. The molecule has 0 spiro atoms. The van der Waals surface area contributed by atoms with Crippen molar-refractivity contribution in [2.45, 2.75) is 16.3 Å². The highest BCUT2D eigenvalue weighted by Crippen LogP contribution is 2.35. The first-order chi connectivity index (χ1) is 8.56. The van der Waals surface area contributed by atoms with Crippen LogP contribution in [0.15, 0.2) is 46.5 Å². The minimum Gasteiger partial charge on any atom is -0.399 e. The molecule has 2 aromatic rings. The number of anilines is 1. The lowest BCUT2D eigenvalue weighted by molar-refractivity contribution is 0.148. The minimum atomic E-state index is -2.57. The number of hydrogen-bond donors (Lipinski definition) is 1. The van der Waals surface area contributed by atoms with Crippen LogP contribution >= 0.6 is 23.4 Å². The highest BCUT2D eigenvalue weighted by molar-refractivity contribution is 7.99. The van der Waals surface area contributed by atoms with Crippen molar-refractivity contribution >= 4 is 29.1 Å². The molecule has 6 heteroatoms. The van der Waals surface area contributed by atoms with Crippen LogP contribution in [-0.2, 0) is 0 Å². The van der Waals surface area contributed by atoms with Gasteiger partial charge in [-0.3, -0.25) is 0 Å². The molecule has 0 aliphatic carbocycles. The lowest BCUT2D eigenvalue weighted by atomic mass is 10.2. The van der Waals surface area contributed by atoms with Gasteiger partial charge in [0.15, 0.2) is 0 Å². The number of benzene rings is 1. The van der Waals surface area contributed by atoms with Gasteiger partial charge < -0.3 is 5.73 Å². The molecule has 0 saturated carbocycles. The van der Waals surface area contributed by atoms with E-state index in [9.17, 15) is 8.78 Å². The van der Waals surface area contributed by atoms with Gasteiger partial charge in [0.2, 0.25) is 0 Å². The minimum absolute atomic E-state index is 0.0863. The van der Waals surface area contributed by atoms with Crippen LogP contribution in [0, 0.1) is 0 Å². The average molecular weight is 287 g/mol. The summed E-state index contributed by atoms with van der Waals surface area (Å²) in [5.41, 5.74) is 5.73. The van der Waals surface area contributed by atoms with Crippen LogP contribution in [0.4, 0.5) is 14.5 Å². The Morgan fingerprint density at radius 1 is 1.22 bits per heavy atom.